The summed E-state index contributed by atoms with van der Waals surface area (Å²) >= 11 is 0. The molecule has 2 rings (SSSR count). The molecule has 0 aliphatic heterocycles. The van der Waals surface area contributed by atoms with Crippen LogP contribution in [0.2, 0.25) is 0 Å². The number of methoxy groups -OCH3 is 1. The number of nitrogens with two attached hydrogens (primary N) is 1. The fraction of sp³-hybridized carbons (Fsp3) is 0.357. The molecule has 1 aromatic carbocycles. The van der Waals surface area contributed by atoms with Crippen LogP contribution in [0.5, 0.6) is 5.88 Å². The average molecular weight is 278 g/mol. The Bertz CT molecular complexity index is 597. The van der Waals surface area contributed by atoms with Crippen molar-refractivity contribution in [3.05, 3.63) is 41.3 Å². The first-order valence-electron chi connectivity index (χ1n) is 6.36. The van der Waals surface area contributed by atoms with Crippen molar-refractivity contribution in [2.75, 3.05) is 19.0 Å². The van der Waals surface area contributed by atoms with Gasteiger partial charge in [-0.15, -0.1) is 0 Å². The number of ether oxygens (including phenoxy) is 1. The van der Waals surface area contributed by atoms with Crippen LogP contribution in [0.15, 0.2) is 24.3 Å². The molecule has 0 aliphatic rings. The average Bonchev–Trinajstić information content (AvgIpc) is 2.70. The molecular weight excluding hydrogens is 259 g/mol. The number of nitrogens with zero attached hydrogens (tertiary/aromatic N) is 2. The molecule has 3 N–H and O–H groups in total. The van der Waals surface area contributed by atoms with Crippen LogP contribution in [0.4, 0.5) is 10.1 Å². The Balaban J connectivity index is 2.33. The summed E-state index contributed by atoms with van der Waals surface area (Å²) in [7, 11) is 3.40. The highest BCUT2D eigenvalue weighted by molar-refractivity contribution is 5.48. The molecule has 108 valence electrons. The van der Waals surface area contributed by atoms with Gasteiger partial charge in [-0.3, -0.25) is 0 Å². The normalized spacial score (nSPS) is 12.2. The molecular formula is C14H19FN4O. The minimum atomic E-state index is -0.291. The Morgan fingerprint density at radius 1 is 1.50 bits per heavy atom. The number of hydrogen-bond donors (Lipinski definition) is 2. The first-order chi connectivity index (χ1) is 9.56. The number of anilines is 1. The van der Waals surface area contributed by atoms with Crippen LogP contribution in [-0.2, 0) is 7.05 Å². The van der Waals surface area contributed by atoms with Crippen LogP contribution in [-0.4, -0.2) is 23.4 Å². The maximum atomic E-state index is 13.2. The smallest absolute Gasteiger partial charge is 0.216 e. The summed E-state index contributed by atoms with van der Waals surface area (Å²) in [5, 5.41) is 7.55. The molecule has 0 radical (unpaired) electrons. The summed E-state index contributed by atoms with van der Waals surface area (Å²) < 4.78 is 20.3. The van der Waals surface area contributed by atoms with Gasteiger partial charge in [-0.05, 0) is 25.1 Å². The number of halogens is 1. The van der Waals surface area contributed by atoms with Gasteiger partial charge in [-0.25, -0.2) is 9.07 Å². The summed E-state index contributed by atoms with van der Waals surface area (Å²) in [4.78, 5) is 0. The lowest BCUT2D eigenvalue weighted by molar-refractivity contribution is 0.367. The molecule has 0 fully saturated rings. The second kappa shape index (κ2) is 5.92. The SMILES string of the molecule is COc1c(C(CN)Nc2cccc(F)c2)c(C)nn1C. The van der Waals surface area contributed by atoms with E-state index in [-0.39, 0.29) is 11.9 Å². The number of nitrogens with one attached hydrogen (secondary N) is 1. The standard InChI is InChI=1S/C14H19FN4O/c1-9-13(14(20-3)19(2)18-9)12(8-16)17-11-6-4-5-10(15)7-11/h4-7,12,17H,8,16H2,1-3H3. The first-order valence-corrected chi connectivity index (χ1v) is 6.36. The second-order valence-electron chi connectivity index (χ2n) is 4.57. The first kappa shape index (κ1) is 14.3. The van der Waals surface area contributed by atoms with Crippen molar-refractivity contribution >= 4 is 5.69 Å². The molecule has 2 aromatic rings. The maximum Gasteiger partial charge on any atom is 0.216 e. The van der Waals surface area contributed by atoms with Crippen molar-refractivity contribution in [1.82, 2.24) is 9.78 Å². The molecule has 0 aliphatic carbocycles. The van der Waals surface area contributed by atoms with Crippen LogP contribution < -0.4 is 15.8 Å². The lowest BCUT2D eigenvalue weighted by atomic mass is 10.1. The molecule has 5 nitrogen and oxygen atoms in total. The van der Waals surface area contributed by atoms with Gasteiger partial charge in [0.2, 0.25) is 5.88 Å². The van der Waals surface area contributed by atoms with Gasteiger partial charge in [0.15, 0.2) is 0 Å². The summed E-state index contributed by atoms with van der Waals surface area (Å²) in [6.07, 6.45) is 0. The molecule has 1 unspecified atom stereocenters. The van der Waals surface area contributed by atoms with Crippen molar-refractivity contribution < 1.29 is 9.13 Å². The molecule has 6 heteroatoms. The van der Waals surface area contributed by atoms with Gasteiger partial charge in [0.1, 0.15) is 5.82 Å². The zero-order valence-corrected chi connectivity index (χ0v) is 11.9. The van der Waals surface area contributed by atoms with Gasteiger partial charge in [-0.1, -0.05) is 6.07 Å². The number of aromatic nitrogens is 2. The molecule has 1 atom stereocenters. The number of hydrogen-bond acceptors (Lipinski definition) is 4. The van der Waals surface area contributed by atoms with Gasteiger partial charge >= 0.3 is 0 Å². The second-order valence-corrected chi connectivity index (χ2v) is 4.57. The van der Waals surface area contributed by atoms with Gasteiger partial charge in [0.05, 0.1) is 24.4 Å². The molecule has 0 bridgehead atoms. The summed E-state index contributed by atoms with van der Waals surface area (Å²) in [6.45, 7) is 2.24. The van der Waals surface area contributed by atoms with Crippen LogP contribution >= 0.6 is 0 Å². The Hall–Kier alpha value is -2.08. The third kappa shape index (κ3) is 2.75. The zero-order chi connectivity index (χ0) is 14.7. The van der Waals surface area contributed by atoms with Gasteiger partial charge in [0.25, 0.3) is 0 Å². The van der Waals surface area contributed by atoms with E-state index in [4.69, 9.17) is 10.5 Å². The van der Waals surface area contributed by atoms with E-state index in [1.165, 1.54) is 12.1 Å². The highest BCUT2D eigenvalue weighted by Gasteiger charge is 2.22. The quantitative estimate of drug-likeness (QED) is 0.878. The third-order valence-corrected chi connectivity index (χ3v) is 3.16. The van der Waals surface area contributed by atoms with E-state index < -0.39 is 0 Å². The van der Waals surface area contributed by atoms with Crippen molar-refractivity contribution in [3.8, 4) is 5.88 Å². The van der Waals surface area contributed by atoms with Gasteiger partial charge in [0, 0.05) is 19.3 Å². The van der Waals surface area contributed by atoms with Crippen LogP contribution in [0.25, 0.3) is 0 Å². The van der Waals surface area contributed by atoms with E-state index in [0.717, 1.165) is 11.3 Å². The molecule has 0 amide bonds. The van der Waals surface area contributed by atoms with E-state index >= 15 is 0 Å². The summed E-state index contributed by atoms with van der Waals surface area (Å²) in [6, 6.07) is 6.09. The fourth-order valence-corrected chi connectivity index (χ4v) is 2.33. The maximum absolute atomic E-state index is 13.2. The van der Waals surface area contributed by atoms with Gasteiger partial charge < -0.3 is 15.8 Å². The molecule has 1 heterocycles. The number of rotatable bonds is 5. The van der Waals surface area contributed by atoms with E-state index in [1.807, 2.05) is 14.0 Å². The number of benzene rings is 1. The predicted molar refractivity (Wildman–Crippen MR) is 76.3 cm³/mol. The molecule has 0 saturated heterocycles. The molecule has 0 spiro atoms. The van der Waals surface area contributed by atoms with Crippen LogP contribution in [0.3, 0.4) is 0 Å². The van der Waals surface area contributed by atoms with Gasteiger partial charge in [-0.2, -0.15) is 5.10 Å². The van der Waals surface area contributed by atoms with Crippen molar-refractivity contribution in [2.24, 2.45) is 12.8 Å². The molecule has 1 aromatic heterocycles. The lowest BCUT2D eigenvalue weighted by Gasteiger charge is -2.19. The summed E-state index contributed by atoms with van der Waals surface area (Å²) in [5.74, 6) is 0.363. The number of aryl methyl sites for hydroxylation is 2. The summed E-state index contributed by atoms with van der Waals surface area (Å²) in [5.41, 5.74) is 8.24. The largest absolute Gasteiger partial charge is 0.481 e. The topological polar surface area (TPSA) is 65.1 Å². The predicted octanol–water partition coefficient (Wildman–Crippen LogP) is 1.99. The van der Waals surface area contributed by atoms with Crippen molar-refractivity contribution in [2.45, 2.75) is 13.0 Å². The molecule has 0 saturated carbocycles. The van der Waals surface area contributed by atoms with E-state index in [0.29, 0.717) is 18.1 Å². The minimum absolute atomic E-state index is 0.194. The third-order valence-electron chi connectivity index (χ3n) is 3.16. The highest BCUT2D eigenvalue weighted by atomic mass is 19.1. The fourth-order valence-electron chi connectivity index (χ4n) is 2.33. The highest BCUT2D eigenvalue weighted by Crippen LogP contribution is 2.30. The Labute approximate surface area is 117 Å². The van der Waals surface area contributed by atoms with E-state index in [2.05, 4.69) is 10.4 Å². The van der Waals surface area contributed by atoms with Crippen LogP contribution in [0.1, 0.15) is 17.3 Å². The lowest BCUT2D eigenvalue weighted by Crippen LogP contribution is -2.21. The van der Waals surface area contributed by atoms with E-state index in [9.17, 15) is 4.39 Å². The Kier molecular flexibility index (Phi) is 4.24. The Morgan fingerprint density at radius 3 is 2.85 bits per heavy atom. The van der Waals surface area contributed by atoms with E-state index in [1.54, 1.807) is 23.9 Å². The minimum Gasteiger partial charge on any atom is -0.481 e. The monoisotopic (exact) mass is 278 g/mol. The Morgan fingerprint density at radius 2 is 2.25 bits per heavy atom. The van der Waals surface area contributed by atoms with Crippen LogP contribution in [0, 0.1) is 12.7 Å². The zero-order valence-electron chi connectivity index (χ0n) is 11.9. The van der Waals surface area contributed by atoms with Crippen molar-refractivity contribution in [3.63, 3.8) is 0 Å². The van der Waals surface area contributed by atoms with Crippen molar-refractivity contribution in [1.29, 1.82) is 0 Å². The molecule has 20 heavy (non-hydrogen) atoms.